The second-order valence-corrected chi connectivity index (χ2v) is 5.58. The van der Waals surface area contributed by atoms with Gasteiger partial charge in [-0.1, -0.05) is 6.07 Å². The number of rotatable bonds is 4. The number of carbonyl (C=O) groups is 1. The van der Waals surface area contributed by atoms with E-state index in [1.165, 1.54) is 42.2 Å². The van der Waals surface area contributed by atoms with Gasteiger partial charge in [0.25, 0.3) is 0 Å². The molecule has 2 nitrogen and oxygen atoms in total. The minimum absolute atomic E-state index is 0.0319. The highest BCUT2D eigenvalue weighted by Gasteiger charge is 2.06. The Morgan fingerprint density at radius 2 is 2.35 bits per heavy atom. The van der Waals surface area contributed by atoms with Crippen LogP contribution in [0.2, 0.25) is 0 Å². The number of benzene rings is 1. The second-order valence-electron chi connectivity index (χ2n) is 3.42. The summed E-state index contributed by atoms with van der Waals surface area (Å²) in [6.45, 7) is 1.52. The fourth-order valence-electron chi connectivity index (χ4n) is 1.24. The number of halogens is 1. The minimum atomic E-state index is -0.237. The Morgan fingerprint density at radius 3 is 3.00 bits per heavy atom. The topological polar surface area (TPSA) is 30.0 Å². The maximum absolute atomic E-state index is 12.9. The number of thioether (sulfide) groups is 1. The van der Waals surface area contributed by atoms with Crippen molar-refractivity contribution in [3.05, 3.63) is 46.2 Å². The SMILES string of the molecule is CC(=O)c1cnc(CSc2cccc(F)c2)s1. The molecule has 0 unspecified atom stereocenters. The number of Topliss-reactive ketones (excluding diaryl/α,β-unsaturated/α-hetero) is 1. The summed E-state index contributed by atoms with van der Waals surface area (Å²) in [5.41, 5.74) is 0. The molecule has 0 atom stereocenters. The molecule has 0 aliphatic heterocycles. The van der Waals surface area contributed by atoms with Crippen LogP contribution >= 0.6 is 23.1 Å². The molecule has 1 aromatic carbocycles. The number of thiazole rings is 1. The molecule has 0 aliphatic rings. The summed E-state index contributed by atoms with van der Waals surface area (Å²) in [7, 11) is 0. The average Bonchev–Trinajstić information content (AvgIpc) is 2.75. The monoisotopic (exact) mass is 267 g/mol. The fourth-order valence-corrected chi connectivity index (χ4v) is 3.00. The van der Waals surface area contributed by atoms with E-state index < -0.39 is 0 Å². The molecule has 0 N–H and O–H groups in total. The first kappa shape index (κ1) is 12.3. The zero-order valence-corrected chi connectivity index (χ0v) is 10.8. The molecular formula is C12H10FNOS2. The van der Waals surface area contributed by atoms with Crippen LogP contribution in [0.25, 0.3) is 0 Å². The molecule has 0 saturated carbocycles. The lowest BCUT2D eigenvalue weighted by Gasteiger charge is -1.98. The molecule has 1 heterocycles. The summed E-state index contributed by atoms with van der Waals surface area (Å²) in [5.74, 6) is 0.449. The van der Waals surface area contributed by atoms with Crippen LogP contribution in [-0.4, -0.2) is 10.8 Å². The molecule has 0 amide bonds. The van der Waals surface area contributed by atoms with E-state index in [0.29, 0.717) is 10.6 Å². The van der Waals surface area contributed by atoms with Crippen molar-refractivity contribution in [1.29, 1.82) is 0 Å². The Morgan fingerprint density at radius 1 is 1.53 bits per heavy atom. The molecule has 0 fully saturated rings. The van der Waals surface area contributed by atoms with Gasteiger partial charge in [-0.2, -0.15) is 0 Å². The quantitative estimate of drug-likeness (QED) is 0.624. The largest absolute Gasteiger partial charge is 0.294 e. The van der Waals surface area contributed by atoms with E-state index in [-0.39, 0.29) is 11.6 Å². The molecule has 2 aromatic rings. The smallest absolute Gasteiger partial charge is 0.171 e. The summed E-state index contributed by atoms with van der Waals surface area (Å²) in [4.78, 5) is 16.8. The zero-order chi connectivity index (χ0) is 12.3. The third-order valence-corrected chi connectivity index (χ3v) is 4.34. The molecule has 0 spiro atoms. The van der Waals surface area contributed by atoms with Crippen LogP contribution in [0.1, 0.15) is 21.6 Å². The van der Waals surface area contributed by atoms with Gasteiger partial charge in [-0.25, -0.2) is 9.37 Å². The van der Waals surface area contributed by atoms with Crippen molar-refractivity contribution in [2.75, 3.05) is 0 Å². The minimum Gasteiger partial charge on any atom is -0.294 e. The summed E-state index contributed by atoms with van der Waals surface area (Å²) < 4.78 is 12.9. The van der Waals surface area contributed by atoms with Crippen molar-refractivity contribution >= 4 is 28.9 Å². The number of hydrogen-bond donors (Lipinski definition) is 0. The van der Waals surface area contributed by atoms with E-state index in [2.05, 4.69) is 4.98 Å². The molecule has 1 aromatic heterocycles. The van der Waals surface area contributed by atoms with Gasteiger partial charge in [-0.05, 0) is 18.2 Å². The standard InChI is InChI=1S/C12H10FNOS2/c1-8(15)11-6-14-12(17-11)7-16-10-4-2-3-9(13)5-10/h2-6H,7H2,1H3. The molecule has 0 radical (unpaired) electrons. The van der Waals surface area contributed by atoms with Crippen LogP contribution in [0, 0.1) is 5.82 Å². The predicted octanol–water partition coefficient (Wildman–Crippen LogP) is 3.78. The molecule has 0 aliphatic carbocycles. The number of ketones is 1. The van der Waals surface area contributed by atoms with Gasteiger partial charge in [-0.15, -0.1) is 23.1 Å². The molecule has 17 heavy (non-hydrogen) atoms. The Kier molecular flexibility index (Phi) is 3.91. The van der Waals surface area contributed by atoms with Crippen molar-refractivity contribution in [1.82, 2.24) is 4.98 Å². The van der Waals surface area contributed by atoms with Crippen LogP contribution in [0.4, 0.5) is 4.39 Å². The lowest BCUT2D eigenvalue weighted by Crippen LogP contribution is -1.83. The van der Waals surface area contributed by atoms with E-state index in [4.69, 9.17) is 0 Å². The van der Waals surface area contributed by atoms with Crippen LogP contribution in [-0.2, 0) is 5.75 Å². The van der Waals surface area contributed by atoms with E-state index in [0.717, 1.165) is 9.90 Å². The van der Waals surface area contributed by atoms with Gasteiger partial charge in [0.1, 0.15) is 10.8 Å². The number of hydrogen-bond acceptors (Lipinski definition) is 4. The van der Waals surface area contributed by atoms with Gasteiger partial charge in [0.15, 0.2) is 5.78 Å². The first-order valence-electron chi connectivity index (χ1n) is 4.99. The van der Waals surface area contributed by atoms with Gasteiger partial charge in [0.05, 0.1) is 10.6 Å². The van der Waals surface area contributed by atoms with Gasteiger partial charge in [-0.3, -0.25) is 4.79 Å². The Labute approximate surface area is 107 Å². The molecule has 5 heteroatoms. The highest BCUT2D eigenvalue weighted by atomic mass is 32.2. The van der Waals surface area contributed by atoms with Gasteiger partial charge in [0.2, 0.25) is 0 Å². The van der Waals surface area contributed by atoms with Crippen molar-refractivity contribution in [2.24, 2.45) is 0 Å². The molecule has 2 rings (SSSR count). The third-order valence-electron chi connectivity index (χ3n) is 2.06. The Balaban J connectivity index is 2.00. The van der Waals surface area contributed by atoms with Crippen molar-refractivity contribution in [3.8, 4) is 0 Å². The zero-order valence-electron chi connectivity index (χ0n) is 9.14. The maximum atomic E-state index is 12.9. The molecular weight excluding hydrogens is 257 g/mol. The van der Waals surface area contributed by atoms with E-state index in [1.54, 1.807) is 12.3 Å². The summed E-state index contributed by atoms with van der Waals surface area (Å²) >= 11 is 2.90. The van der Waals surface area contributed by atoms with Crippen LogP contribution in [0.5, 0.6) is 0 Å². The first-order chi connectivity index (χ1) is 8.15. The van der Waals surface area contributed by atoms with E-state index in [9.17, 15) is 9.18 Å². The van der Waals surface area contributed by atoms with Gasteiger partial charge in [0, 0.05) is 18.0 Å². The molecule has 0 bridgehead atoms. The number of nitrogens with zero attached hydrogens (tertiary/aromatic N) is 1. The summed E-state index contributed by atoms with van der Waals surface area (Å²) in [6, 6.07) is 6.44. The first-order valence-corrected chi connectivity index (χ1v) is 6.79. The van der Waals surface area contributed by atoms with Gasteiger partial charge >= 0.3 is 0 Å². The Bertz CT molecular complexity index is 539. The van der Waals surface area contributed by atoms with E-state index >= 15 is 0 Å². The number of carbonyl (C=O) groups excluding carboxylic acids is 1. The predicted molar refractivity (Wildman–Crippen MR) is 68.1 cm³/mol. The second kappa shape index (κ2) is 5.42. The highest BCUT2D eigenvalue weighted by Crippen LogP contribution is 2.25. The van der Waals surface area contributed by atoms with Gasteiger partial charge < -0.3 is 0 Å². The summed E-state index contributed by atoms with van der Waals surface area (Å²) in [5, 5.41) is 0.879. The van der Waals surface area contributed by atoms with Crippen molar-refractivity contribution in [2.45, 2.75) is 17.6 Å². The Hall–Kier alpha value is -1.20. The lowest BCUT2D eigenvalue weighted by atomic mass is 10.4. The molecule has 0 saturated heterocycles. The molecule has 88 valence electrons. The van der Waals surface area contributed by atoms with Crippen molar-refractivity contribution < 1.29 is 9.18 Å². The van der Waals surface area contributed by atoms with Crippen LogP contribution in [0.15, 0.2) is 35.4 Å². The number of aromatic nitrogens is 1. The van der Waals surface area contributed by atoms with Crippen molar-refractivity contribution in [3.63, 3.8) is 0 Å². The maximum Gasteiger partial charge on any atom is 0.171 e. The highest BCUT2D eigenvalue weighted by molar-refractivity contribution is 7.98. The average molecular weight is 267 g/mol. The fraction of sp³-hybridized carbons (Fsp3) is 0.167. The van der Waals surface area contributed by atoms with E-state index in [1.807, 2.05) is 6.07 Å². The van der Waals surface area contributed by atoms with Crippen LogP contribution < -0.4 is 0 Å². The lowest BCUT2D eigenvalue weighted by molar-refractivity contribution is 0.102. The summed E-state index contributed by atoms with van der Waals surface area (Å²) in [6.07, 6.45) is 1.59. The normalized spacial score (nSPS) is 10.5. The third kappa shape index (κ3) is 3.38. The van der Waals surface area contributed by atoms with Crippen LogP contribution in [0.3, 0.4) is 0 Å².